The van der Waals surface area contributed by atoms with Crippen LogP contribution >= 0.6 is 0 Å². The molecule has 6 rings (SSSR count). The number of para-hydroxylation sites is 2. The molecule has 0 fully saturated rings. The molecular formula is C32H19N3. The molecule has 162 valence electrons. The average Bonchev–Trinajstić information content (AvgIpc) is 3.27. The molecule has 0 aliphatic carbocycles. The molecule has 0 aliphatic rings. The summed E-state index contributed by atoms with van der Waals surface area (Å²) in [5.41, 5.74) is 7.86. The van der Waals surface area contributed by atoms with Crippen molar-refractivity contribution in [3.05, 3.63) is 126 Å². The summed E-state index contributed by atoms with van der Waals surface area (Å²) in [5, 5.41) is 22.1. The fraction of sp³-hybridized carbons (Fsp3) is 0. The van der Waals surface area contributed by atoms with Gasteiger partial charge in [-0.05, 0) is 59.2 Å². The van der Waals surface area contributed by atoms with E-state index in [9.17, 15) is 10.5 Å². The van der Waals surface area contributed by atoms with Crippen molar-refractivity contribution in [2.24, 2.45) is 0 Å². The van der Waals surface area contributed by atoms with Gasteiger partial charge in [0.2, 0.25) is 0 Å². The Hall–Kier alpha value is -5.12. The summed E-state index contributed by atoms with van der Waals surface area (Å²) >= 11 is 0. The molecule has 0 N–H and O–H groups in total. The second-order valence-electron chi connectivity index (χ2n) is 8.42. The number of nitrogens with zero attached hydrogens (tertiary/aromatic N) is 3. The van der Waals surface area contributed by atoms with Crippen LogP contribution in [0.4, 0.5) is 0 Å². The van der Waals surface area contributed by atoms with Gasteiger partial charge in [0, 0.05) is 22.0 Å². The van der Waals surface area contributed by atoms with Gasteiger partial charge in [0.15, 0.2) is 0 Å². The van der Waals surface area contributed by atoms with E-state index < -0.39 is 0 Å². The van der Waals surface area contributed by atoms with E-state index in [4.69, 9.17) is 0 Å². The maximum absolute atomic E-state index is 9.88. The first-order valence-electron chi connectivity index (χ1n) is 11.4. The molecule has 5 aromatic carbocycles. The van der Waals surface area contributed by atoms with Gasteiger partial charge in [0.05, 0.1) is 34.3 Å². The van der Waals surface area contributed by atoms with Crippen LogP contribution in [0.3, 0.4) is 0 Å². The van der Waals surface area contributed by atoms with Gasteiger partial charge in [-0.25, -0.2) is 0 Å². The number of hydrogen-bond acceptors (Lipinski definition) is 2. The van der Waals surface area contributed by atoms with Crippen LogP contribution in [-0.2, 0) is 0 Å². The highest BCUT2D eigenvalue weighted by molar-refractivity contribution is 6.17. The van der Waals surface area contributed by atoms with Crippen LogP contribution in [0, 0.1) is 22.7 Å². The van der Waals surface area contributed by atoms with Crippen LogP contribution in [0.1, 0.15) is 11.1 Å². The Morgan fingerprint density at radius 1 is 0.543 bits per heavy atom. The van der Waals surface area contributed by atoms with E-state index >= 15 is 0 Å². The Labute approximate surface area is 203 Å². The second-order valence-corrected chi connectivity index (χ2v) is 8.42. The summed E-state index contributed by atoms with van der Waals surface area (Å²) in [5.74, 6) is 0. The number of benzene rings is 5. The molecule has 0 saturated heterocycles. The third-order valence-electron chi connectivity index (χ3n) is 6.47. The number of aromatic nitrogens is 1. The maximum Gasteiger partial charge on any atom is 0.0998 e. The van der Waals surface area contributed by atoms with Gasteiger partial charge in [0.1, 0.15) is 0 Å². The Bertz CT molecular complexity index is 1770. The lowest BCUT2D eigenvalue weighted by atomic mass is 9.90. The number of rotatable bonds is 3. The molecule has 6 aromatic rings. The van der Waals surface area contributed by atoms with Gasteiger partial charge in [-0.15, -0.1) is 0 Å². The second kappa shape index (κ2) is 8.34. The third kappa shape index (κ3) is 3.27. The van der Waals surface area contributed by atoms with Crippen LogP contribution in [0.2, 0.25) is 0 Å². The standard InChI is InChI=1S/C32H19N3/c33-20-23-12-9-13-24(21-34)31(23)25-18-28(22-10-3-1-4-11-22)32-27-16-7-8-17-29(27)35(30(32)19-25)26-14-5-2-6-15-26/h1-19H. The van der Waals surface area contributed by atoms with E-state index in [1.54, 1.807) is 18.2 Å². The van der Waals surface area contributed by atoms with Crippen LogP contribution in [0.15, 0.2) is 115 Å². The Kier molecular flexibility index (Phi) is 4.88. The van der Waals surface area contributed by atoms with Gasteiger partial charge in [-0.3, -0.25) is 0 Å². The summed E-state index contributed by atoms with van der Waals surface area (Å²) in [6, 6.07) is 43.1. The van der Waals surface area contributed by atoms with Crippen LogP contribution in [-0.4, -0.2) is 4.57 Å². The van der Waals surface area contributed by atoms with Crippen molar-refractivity contribution < 1.29 is 0 Å². The van der Waals surface area contributed by atoms with E-state index in [1.165, 1.54) is 0 Å². The van der Waals surface area contributed by atoms with Crippen molar-refractivity contribution >= 4 is 21.8 Å². The molecule has 0 spiro atoms. The van der Waals surface area contributed by atoms with Crippen LogP contribution in [0.5, 0.6) is 0 Å². The predicted molar refractivity (Wildman–Crippen MR) is 141 cm³/mol. The molecule has 3 nitrogen and oxygen atoms in total. The Morgan fingerprint density at radius 2 is 1.17 bits per heavy atom. The van der Waals surface area contributed by atoms with Gasteiger partial charge in [-0.1, -0.05) is 72.8 Å². The van der Waals surface area contributed by atoms with Gasteiger partial charge >= 0.3 is 0 Å². The molecule has 0 amide bonds. The lowest BCUT2D eigenvalue weighted by Gasteiger charge is -2.13. The smallest absolute Gasteiger partial charge is 0.0998 e. The monoisotopic (exact) mass is 445 g/mol. The van der Waals surface area contributed by atoms with E-state index in [0.717, 1.165) is 44.2 Å². The molecule has 35 heavy (non-hydrogen) atoms. The zero-order valence-corrected chi connectivity index (χ0v) is 18.8. The first-order valence-corrected chi connectivity index (χ1v) is 11.4. The van der Waals surface area contributed by atoms with Crippen molar-refractivity contribution in [2.75, 3.05) is 0 Å². The lowest BCUT2D eigenvalue weighted by Crippen LogP contribution is -1.95. The molecule has 1 aromatic heterocycles. The molecule has 0 aliphatic heterocycles. The number of fused-ring (bicyclic) bond motifs is 3. The van der Waals surface area contributed by atoms with Gasteiger partial charge in [0.25, 0.3) is 0 Å². The SMILES string of the molecule is N#Cc1cccc(C#N)c1-c1cc(-c2ccccc2)c2c3ccccc3n(-c3ccccc3)c2c1. The predicted octanol–water partition coefficient (Wildman–Crippen LogP) is 7.86. The molecule has 0 bridgehead atoms. The van der Waals surface area contributed by atoms with Gasteiger partial charge in [-0.2, -0.15) is 10.5 Å². The van der Waals surface area contributed by atoms with Crippen molar-refractivity contribution in [3.63, 3.8) is 0 Å². The molecule has 1 heterocycles. The Morgan fingerprint density at radius 3 is 1.86 bits per heavy atom. The molecule has 0 saturated carbocycles. The normalized spacial score (nSPS) is 10.8. The molecule has 3 heteroatoms. The highest BCUT2D eigenvalue weighted by Gasteiger charge is 2.20. The molecule has 0 unspecified atom stereocenters. The summed E-state index contributed by atoms with van der Waals surface area (Å²) in [6.07, 6.45) is 0. The highest BCUT2D eigenvalue weighted by atomic mass is 15.0. The quantitative estimate of drug-likeness (QED) is 0.278. The fourth-order valence-corrected chi connectivity index (χ4v) is 4.99. The molecule has 0 atom stereocenters. The molecular weight excluding hydrogens is 426 g/mol. The third-order valence-corrected chi connectivity index (χ3v) is 6.47. The topological polar surface area (TPSA) is 52.5 Å². The van der Waals surface area contributed by atoms with Crippen molar-refractivity contribution in [1.29, 1.82) is 10.5 Å². The van der Waals surface area contributed by atoms with E-state index in [2.05, 4.69) is 77.4 Å². The van der Waals surface area contributed by atoms with Gasteiger partial charge < -0.3 is 4.57 Å². The minimum Gasteiger partial charge on any atom is -0.309 e. The maximum atomic E-state index is 9.88. The van der Waals surface area contributed by atoms with E-state index in [1.807, 2.05) is 36.4 Å². The number of hydrogen-bond donors (Lipinski definition) is 0. The summed E-state index contributed by atoms with van der Waals surface area (Å²) in [7, 11) is 0. The van der Waals surface area contributed by atoms with Crippen LogP contribution < -0.4 is 0 Å². The highest BCUT2D eigenvalue weighted by Crippen LogP contribution is 2.42. The lowest BCUT2D eigenvalue weighted by molar-refractivity contribution is 1.18. The Balaban J connectivity index is 1.83. The zero-order chi connectivity index (χ0) is 23.8. The summed E-state index contributed by atoms with van der Waals surface area (Å²) < 4.78 is 2.27. The first kappa shape index (κ1) is 20.5. The zero-order valence-electron chi connectivity index (χ0n) is 18.8. The summed E-state index contributed by atoms with van der Waals surface area (Å²) in [6.45, 7) is 0. The van der Waals surface area contributed by atoms with Crippen molar-refractivity contribution in [1.82, 2.24) is 4.57 Å². The largest absolute Gasteiger partial charge is 0.309 e. The minimum atomic E-state index is 0.491. The van der Waals surface area contributed by atoms with Crippen molar-refractivity contribution in [2.45, 2.75) is 0 Å². The molecule has 0 radical (unpaired) electrons. The fourth-order valence-electron chi connectivity index (χ4n) is 4.99. The van der Waals surface area contributed by atoms with E-state index in [-0.39, 0.29) is 0 Å². The van der Waals surface area contributed by atoms with Crippen LogP contribution in [0.25, 0.3) is 49.7 Å². The average molecular weight is 446 g/mol. The first-order chi connectivity index (χ1) is 17.3. The van der Waals surface area contributed by atoms with E-state index in [0.29, 0.717) is 16.7 Å². The van der Waals surface area contributed by atoms with Crippen molar-refractivity contribution in [3.8, 4) is 40.1 Å². The summed E-state index contributed by atoms with van der Waals surface area (Å²) in [4.78, 5) is 0. The minimum absolute atomic E-state index is 0.491. The number of nitriles is 2.